The van der Waals surface area contributed by atoms with E-state index < -0.39 is 25.2 Å². The molecule has 104 heavy (non-hydrogen) atoms. The van der Waals surface area contributed by atoms with Crippen LogP contribution in [0.2, 0.25) is 0 Å². The number of benzene rings is 10. The molecule has 14 aromatic rings. The van der Waals surface area contributed by atoms with Crippen LogP contribution in [-0.2, 0) is 21.7 Å². The third kappa shape index (κ3) is 12.8. The molecule has 0 saturated heterocycles. The summed E-state index contributed by atoms with van der Waals surface area (Å²) < 4.78 is 121. The van der Waals surface area contributed by atoms with Crippen molar-refractivity contribution < 1.29 is 53.5 Å². The van der Waals surface area contributed by atoms with Gasteiger partial charge >= 0.3 is 19.4 Å². The third-order valence-corrected chi connectivity index (χ3v) is 20.2. The van der Waals surface area contributed by atoms with E-state index in [0.717, 1.165) is 72.0 Å². The Bertz CT molecular complexity index is 5240. The number of halogens is 7. The number of furan rings is 4. The Morgan fingerprint density at radius 1 is 0.365 bits per heavy atom. The van der Waals surface area contributed by atoms with E-state index in [1.54, 1.807) is 12.5 Å². The van der Waals surface area contributed by atoms with Crippen molar-refractivity contribution >= 4 is 152 Å². The van der Waals surface area contributed by atoms with Crippen LogP contribution in [0.5, 0.6) is 11.5 Å². The summed E-state index contributed by atoms with van der Waals surface area (Å²) in [5.41, 5.74) is 16.4. The Morgan fingerprint density at radius 2 is 0.673 bits per heavy atom. The van der Waals surface area contributed by atoms with E-state index in [9.17, 15) is 26.3 Å². The molecule has 16 rings (SSSR count). The van der Waals surface area contributed by atoms with Gasteiger partial charge in [0.2, 0.25) is 0 Å². The molecule has 6 heterocycles. The van der Waals surface area contributed by atoms with Gasteiger partial charge in [0, 0.05) is 79.9 Å². The molecule has 0 spiro atoms. The van der Waals surface area contributed by atoms with E-state index in [4.69, 9.17) is 27.1 Å². The predicted molar refractivity (Wildman–Crippen MR) is 411 cm³/mol. The summed E-state index contributed by atoms with van der Waals surface area (Å²) in [5, 5.41) is 3.25. The number of para-hydroxylation sites is 4. The van der Waals surface area contributed by atoms with E-state index in [1.807, 2.05) is 189 Å². The second-order valence-corrected chi connectivity index (χ2v) is 31.4. The van der Waals surface area contributed by atoms with Gasteiger partial charge in [-0.2, -0.15) is 0 Å². The standard InChI is InChI=1S/C43H36BF3N2O3.C43H38BrF3N2O3/c1-41(2,3)25-15-19-27(20-16-25)48-32-23-29(52-43(45,46)47)24-33-36(32)44(39-37(48)30-11-7-9-13-34(30)50-39)40-38(31-12-8-10-14-35(31)51-40)49(33)28-21-17-26(18-22-28)42(4,5)6;1-41(2,3)27-15-19-29(20-16-27)48(36-25-50-38-13-9-7-11-32(36)38)34-23-31(52-43(45,46)47)24-35(40(34)44)49(30-21-17-28(18-22-30)42(4,5)6)37-26-51-39-14-10-8-12-33(37)39/h7-24H,1-6H3;7-26H,1-6H3. The van der Waals surface area contributed by atoms with Crippen LogP contribution < -0.4 is 45.9 Å². The zero-order valence-electron chi connectivity index (χ0n) is 59.4. The summed E-state index contributed by atoms with van der Waals surface area (Å²) in [4.78, 5) is 7.81. The van der Waals surface area contributed by atoms with Crippen molar-refractivity contribution in [3.63, 3.8) is 0 Å². The fourth-order valence-electron chi connectivity index (χ4n) is 14.2. The second kappa shape index (κ2) is 25.3. The van der Waals surface area contributed by atoms with Crippen LogP contribution in [-0.4, -0.2) is 19.4 Å². The SMILES string of the molecule is CC(C)(C)c1ccc(N(c2cc(OC(F)(F)F)cc(N(c3ccc(C(C)(C)C)cc3)c3coc4ccccc34)c2Br)c2coc3ccccc23)cc1.CC(C)(C)c1ccc(N2c3cc(OC(F)(F)F)cc4c3B(c3oc5ccccc5c32)c2oc3ccccc3c2N4c2ccc(C(C)(C)C)cc2)cc1. The predicted octanol–water partition coefficient (Wildman–Crippen LogP) is 25.1. The van der Waals surface area contributed by atoms with Gasteiger partial charge in [-0.15, -0.1) is 26.3 Å². The molecular weight excluding hydrogens is 1390 g/mol. The number of anilines is 12. The highest BCUT2D eigenvalue weighted by Gasteiger charge is 2.51. The highest BCUT2D eigenvalue weighted by atomic mass is 79.9. The highest BCUT2D eigenvalue weighted by molar-refractivity contribution is 9.10. The topological polar surface area (TPSA) is 84.0 Å². The molecule has 0 unspecified atom stereocenters. The van der Waals surface area contributed by atoms with Crippen molar-refractivity contribution in [2.45, 2.75) is 117 Å². The summed E-state index contributed by atoms with van der Waals surface area (Å²) in [5.74, 6) is -0.714. The Hall–Kier alpha value is -10.7. The summed E-state index contributed by atoms with van der Waals surface area (Å²) >= 11 is 3.90. The Morgan fingerprint density at radius 3 is 1.01 bits per heavy atom. The maximum absolute atomic E-state index is 14.2. The van der Waals surface area contributed by atoms with Crippen molar-refractivity contribution in [3.8, 4) is 11.5 Å². The Labute approximate surface area is 607 Å². The molecule has 2 aliphatic rings. The fraction of sp³-hybridized carbons (Fsp3) is 0.209. The van der Waals surface area contributed by atoms with Crippen molar-refractivity contribution in [3.05, 3.63) is 258 Å². The molecule has 0 radical (unpaired) electrons. The first-order valence-corrected chi connectivity index (χ1v) is 35.2. The van der Waals surface area contributed by atoms with Gasteiger partial charge in [0.05, 0.1) is 38.6 Å². The maximum atomic E-state index is 14.2. The van der Waals surface area contributed by atoms with E-state index in [-0.39, 0.29) is 27.4 Å². The van der Waals surface area contributed by atoms with Crippen molar-refractivity contribution in [2.24, 2.45) is 0 Å². The Kier molecular flexibility index (Phi) is 16.8. The van der Waals surface area contributed by atoms with Crippen LogP contribution in [0.25, 0.3) is 43.9 Å². The normalized spacial score (nSPS) is 13.3. The number of hydrogen-bond donors (Lipinski definition) is 0. The molecule has 10 aromatic carbocycles. The molecule has 0 saturated carbocycles. The van der Waals surface area contributed by atoms with Gasteiger partial charge in [-0.1, -0.05) is 180 Å². The van der Waals surface area contributed by atoms with Crippen LogP contribution in [0.1, 0.15) is 105 Å². The van der Waals surface area contributed by atoms with Crippen LogP contribution >= 0.6 is 15.9 Å². The molecule has 0 N–H and O–H groups in total. The third-order valence-electron chi connectivity index (χ3n) is 19.4. The van der Waals surface area contributed by atoms with Crippen molar-refractivity contribution in [1.29, 1.82) is 0 Å². The second-order valence-electron chi connectivity index (χ2n) is 30.6. The van der Waals surface area contributed by atoms with Crippen LogP contribution in [0.4, 0.5) is 94.6 Å². The minimum absolute atomic E-state index is 0.0978. The van der Waals surface area contributed by atoms with Gasteiger partial charge in [0.15, 0.2) is 0 Å². The minimum Gasteiger partial charge on any atom is -0.468 e. The van der Waals surface area contributed by atoms with Gasteiger partial charge in [-0.25, -0.2) is 0 Å². The molecule has 10 nitrogen and oxygen atoms in total. The largest absolute Gasteiger partial charge is 0.573 e. The molecule has 526 valence electrons. The number of rotatable bonds is 10. The highest BCUT2D eigenvalue weighted by Crippen LogP contribution is 2.54. The summed E-state index contributed by atoms with van der Waals surface area (Å²) in [6.45, 7) is 25.1. The molecule has 0 atom stereocenters. The fourth-order valence-corrected chi connectivity index (χ4v) is 14.8. The molecule has 0 bridgehead atoms. The summed E-state index contributed by atoms with van der Waals surface area (Å²) in [6.07, 6.45) is -6.62. The van der Waals surface area contributed by atoms with Gasteiger partial charge in [-0.05, 0) is 162 Å². The van der Waals surface area contributed by atoms with E-state index >= 15 is 0 Å². The molecule has 4 aromatic heterocycles. The van der Waals surface area contributed by atoms with Crippen LogP contribution in [0, 0.1) is 0 Å². The lowest BCUT2D eigenvalue weighted by atomic mass is 9.37. The molecule has 18 heteroatoms. The quantitative estimate of drug-likeness (QED) is 0.0975. The number of fused-ring (bicyclic) bond motifs is 10. The molecular formula is C86H74BBrF6N4O6. The van der Waals surface area contributed by atoms with Crippen LogP contribution in [0.3, 0.4) is 0 Å². The first-order valence-electron chi connectivity index (χ1n) is 34.4. The molecule has 0 fully saturated rings. The van der Waals surface area contributed by atoms with E-state index in [2.05, 4.69) is 123 Å². The number of nitrogens with zero attached hydrogens (tertiary/aromatic N) is 4. The lowest BCUT2D eigenvalue weighted by molar-refractivity contribution is -0.275. The first kappa shape index (κ1) is 69.0. The summed E-state index contributed by atoms with van der Waals surface area (Å²) in [6, 6.07) is 68.9. The molecule has 2 aliphatic heterocycles. The lowest BCUT2D eigenvalue weighted by Gasteiger charge is -2.41. The van der Waals surface area contributed by atoms with Gasteiger partial charge < -0.3 is 46.7 Å². The monoisotopic (exact) mass is 1460 g/mol. The zero-order valence-corrected chi connectivity index (χ0v) is 61.0. The average molecular weight is 1460 g/mol. The number of ether oxygens (including phenoxy) is 2. The Balaban J connectivity index is 0.000000167. The van der Waals surface area contributed by atoms with Gasteiger partial charge in [0.1, 0.15) is 57.7 Å². The first-order chi connectivity index (χ1) is 49.3. The minimum atomic E-state index is -4.95. The molecule has 0 aliphatic carbocycles. The van der Waals surface area contributed by atoms with Gasteiger partial charge in [0.25, 0.3) is 0 Å². The number of alkyl halides is 6. The average Bonchev–Trinajstić information content (AvgIpc) is 1.46. The summed E-state index contributed by atoms with van der Waals surface area (Å²) in [7, 11) is 0. The molecule has 0 amide bonds. The van der Waals surface area contributed by atoms with Crippen molar-refractivity contribution in [2.75, 3.05) is 19.6 Å². The van der Waals surface area contributed by atoms with E-state index in [1.165, 1.54) is 24.3 Å². The lowest BCUT2D eigenvalue weighted by Crippen LogP contribution is -2.60. The van der Waals surface area contributed by atoms with Gasteiger partial charge in [-0.3, -0.25) is 0 Å². The number of hydrogen-bond acceptors (Lipinski definition) is 10. The van der Waals surface area contributed by atoms with Crippen LogP contribution in [0.15, 0.2) is 253 Å². The van der Waals surface area contributed by atoms with Crippen molar-refractivity contribution in [1.82, 2.24) is 0 Å². The maximum Gasteiger partial charge on any atom is 0.573 e. The zero-order chi connectivity index (χ0) is 73.3. The van der Waals surface area contributed by atoms with E-state index in [0.29, 0.717) is 83.6 Å². The smallest absolute Gasteiger partial charge is 0.468 e.